The monoisotopic (exact) mass is 404 g/mol. The maximum absolute atomic E-state index is 12.7. The Labute approximate surface area is 164 Å². The van der Waals surface area contributed by atoms with E-state index in [2.05, 4.69) is 10.3 Å². The highest BCUT2D eigenvalue weighted by Gasteiger charge is 2.33. The van der Waals surface area contributed by atoms with Crippen LogP contribution in [-0.4, -0.2) is 65.8 Å². The van der Waals surface area contributed by atoms with E-state index in [1.54, 1.807) is 29.6 Å². The minimum atomic E-state index is -3.50. The molecule has 0 spiro atoms. The van der Waals surface area contributed by atoms with E-state index in [1.807, 2.05) is 22.9 Å². The van der Waals surface area contributed by atoms with Crippen molar-refractivity contribution in [1.29, 1.82) is 0 Å². The van der Waals surface area contributed by atoms with Gasteiger partial charge in [0.1, 0.15) is 5.75 Å². The van der Waals surface area contributed by atoms with Gasteiger partial charge in [-0.1, -0.05) is 12.1 Å². The van der Waals surface area contributed by atoms with E-state index >= 15 is 0 Å². The molecule has 0 atom stereocenters. The Morgan fingerprint density at radius 2 is 1.86 bits per heavy atom. The van der Waals surface area contributed by atoms with Crippen LogP contribution in [-0.2, 0) is 21.2 Å². The Balaban J connectivity index is 1.57. The van der Waals surface area contributed by atoms with Gasteiger partial charge in [-0.05, 0) is 30.5 Å². The van der Waals surface area contributed by atoms with E-state index in [4.69, 9.17) is 0 Å². The number of aromatic nitrogens is 2. The summed E-state index contributed by atoms with van der Waals surface area (Å²) in [7, 11) is -2.08. The van der Waals surface area contributed by atoms with Crippen LogP contribution >= 0.6 is 0 Å². The number of rotatable bonds is 6. The van der Waals surface area contributed by atoms with Gasteiger partial charge in [-0.15, -0.1) is 0 Å². The second-order valence-corrected chi connectivity index (χ2v) is 9.18. The van der Waals surface area contributed by atoms with Crippen LogP contribution in [0.1, 0.15) is 28.8 Å². The highest BCUT2D eigenvalue weighted by molar-refractivity contribution is 7.92. The SMILES string of the molecule is CNC(=O)CS(=O)(=O)C1CCN(C(=O)c2ccc(Cn3ccnc3)cc2)CC1. The van der Waals surface area contributed by atoms with Crippen molar-refractivity contribution in [2.45, 2.75) is 24.6 Å². The number of hydrogen-bond acceptors (Lipinski definition) is 5. The van der Waals surface area contributed by atoms with Crippen LogP contribution in [0, 0.1) is 0 Å². The van der Waals surface area contributed by atoms with Gasteiger partial charge in [0.25, 0.3) is 5.91 Å². The molecule has 0 saturated carbocycles. The van der Waals surface area contributed by atoms with E-state index in [0.29, 0.717) is 38.0 Å². The summed E-state index contributed by atoms with van der Waals surface area (Å²) in [6.07, 6.45) is 6.03. The summed E-state index contributed by atoms with van der Waals surface area (Å²) in [6.45, 7) is 1.42. The number of amides is 2. The van der Waals surface area contributed by atoms with Crippen molar-refractivity contribution >= 4 is 21.7 Å². The lowest BCUT2D eigenvalue weighted by Gasteiger charge is -2.31. The van der Waals surface area contributed by atoms with Crippen LogP contribution < -0.4 is 5.32 Å². The first-order valence-corrected chi connectivity index (χ1v) is 10.9. The number of likely N-dealkylation sites (tertiary alicyclic amines) is 1. The molecule has 0 radical (unpaired) electrons. The van der Waals surface area contributed by atoms with E-state index in [0.717, 1.165) is 5.56 Å². The highest BCUT2D eigenvalue weighted by Crippen LogP contribution is 2.20. The number of carbonyl (C=O) groups excluding carboxylic acids is 2. The number of piperidine rings is 1. The van der Waals surface area contributed by atoms with Gasteiger partial charge < -0.3 is 14.8 Å². The number of sulfone groups is 1. The predicted molar refractivity (Wildman–Crippen MR) is 105 cm³/mol. The fourth-order valence-corrected chi connectivity index (χ4v) is 4.99. The third-order valence-electron chi connectivity index (χ3n) is 4.97. The molecule has 2 aromatic rings. The Kier molecular flexibility index (Phi) is 6.13. The molecule has 150 valence electrons. The van der Waals surface area contributed by atoms with Crippen LogP contribution in [0.2, 0.25) is 0 Å². The molecule has 0 bridgehead atoms. The first-order valence-electron chi connectivity index (χ1n) is 9.15. The second-order valence-electron chi connectivity index (χ2n) is 6.90. The molecule has 1 aromatic heterocycles. The second kappa shape index (κ2) is 8.55. The third kappa shape index (κ3) is 4.78. The van der Waals surface area contributed by atoms with Gasteiger partial charge in [-0.3, -0.25) is 9.59 Å². The van der Waals surface area contributed by atoms with Crippen LogP contribution in [0.3, 0.4) is 0 Å². The standard InChI is InChI=1S/C19H24N4O4S/c1-20-18(24)13-28(26,27)17-6-9-23(10-7-17)19(25)16-4-2-15(3-5-16)12-22-11-8-21-14-22/h2-5,8,11,14,17H,6-7,9-10,12-13H2,1H3,(H,20,24). The summed E-state index contributed by atoms with van der Waals surface area (Å²) >= 11 is 0. The minimum absolute atomic E-state index is 0.101. The van der Waals surface area contributed by atoms with Gasteiger partial charge in [0.15, 0.2) is 9.84 Å². The van der Waals surface area contributed by atoms with Gasteiger partial charge >= 0.3 is 0 Å². The number of nitrogens with zero attached hydrogens (tertiary/aromatic N) is 3. The van der Waals surface area contributed by atoms with E-state index in [1.165, 1.54) is 7.05 Å². The number of carbonyl (C=O) groups is 2. The zero-order chi connectivity index (χ0) is 20.1. The summed E-state index contributed by atoms with van der Waals surface area (Å²) in [6, 6.07) is 7.41. The molecule has 1 aromatic carbocycles. The molecule has 1 saturated heterocycles. The molecule has 1 aliphatic rings. The molecule has 3 rings (SSSR count). The van der Waals surface area contributed by atoms with Crippen LogP contribution in [0.4, 0.5) is 0 Å². The molecule has 0 aliphatic carbocycles. The van der Waals surface area contributed by atoms with Gasteiger partial charge in [0.05, 0.1) is 11.6 Å². The first kappa shape index (κ1) is 20.1. The van der Waals surface area contributed by atoms with Crippen LogP contribution in [0.25, 0.3) is 0 Å². The Morgan fingerprint density at radius 1 is 1.18 bits per heavy atom. The summed E-state index contributed by atoms with van der Waals surface area (Å²) in [5, 5.41) is 1.76. The number of benzene rings is 1. The highest BCUT2D eigenvalue weighted by atomic mass is 32.2. The average molecular weight is 404 g/mol. The summed E-state index contributed by atoms with van der Waals surface area (Å²) < 4.78 is 26.5. The predicted octanol–water partition coefficient (Wildman–Crippen LogP) is 0.697. The van der Waals surface area contributed by atoms with E-state index in [9.17, 15) is 18.0 Å². The molecule has 8 nitrogen and oxygen atoms in total. The third-order valence-corrected chi connectivity index (χ3v) is 7.13. The van der Waals surface area contributed by atoms with Gasteiger partial charge in [-0.25, -0.2) is 13.4 Å². The summed E-state index contributed by atoms with van der Waals surface area (Å²) in [5.74, 6) is -1.11. The quantitative estimate of drug-likeness (QED) is 0.764. The van der Waals surface area contributed by atoms with Gasteiger partial charge in [0.2, 0.25) is 5.91 Å². The van der Waals surface area contributed by atoms with Crippen molar-refractivity contribution in [2.24, 2.45) is 0 Å². The molecular formula is C19H24N4O4S. The fourth-order valence-electron chi connectivity index (χ4n) is 3.32. The minimum Gasteiger partial charge on any atom is -0.358 e. The van der Waals surface area contributed by atoms with Crippen LogP contribution in [0.15, 0.2) is 43.0 Å². The zero-order valence-corrected chi connectivity index (χ0v) is 16.6. The molecule has 1 aliphatic heterocycles. The van der Waals surface area contributed by atoms with Crippen LogP contribution in [0.5, 0.6) is 0 Å². The lowest BCUT2D eigenvalue weighted by atomic mass is 10.1. The molecule has 2 heterocycles. The maximum atomic E-state index is 12.7. The van der Waals surface area contributed by atoms with Crippen molar-refractivity contribution < 1.29 is 18.0 Å². The smallest absolute Gasteiger partial charge is 0.253 e. The van der Waals surface area contributed by atoms with E-state index < -0.39 is 26.7 Å². The topological polar surface area (TPSA) is 101 Å². The largest absolute Gasteiger partial charge is 0.358 e. The van der Waals surface area contributed by atoms with Crippen molar-refractivity contribution in [1.82, 2.24) is 19.8 Å². The Hall–Kier alpha value is -2.68. The van der Waals surface area contributed by atoms with E-state index in [-0.39, 0.29) is 5.91 Å². The number of imidazole rings is 1. The van der Waals surface area contributed by atoms with Crippen molar-refractivity contribution in [3.63, 3.8) is 0 Å². The Morgan fingerprint density at radius 3 is 2.43 bits per heavy atom. The fraction of sp³-hybridized carbons (Fsp3) is 0.421. The molecular weight excluding hydrogens is 380 g/mol. The van der Waals surface area contributed by atoms with Crippen molar-refractivity contribution in [2.75, 3.05) is 25.9 Å². The van der Waals surface area contributed by atoms with Crippen molar-refractivity contribution in [3.8, 4) is 0 Å². The normalized spacial score (nSPS) is 15.4. The molecule has 1 N–H and O–H groups in total. The molecule has 0 unspecified atom stereocenters. The Bertz CT molecular complexity index is 915. The van der Waals surface area contributed by atoms with Gasteiger partial charge in [0, 0.05) is 44.6 Å². The number of hydrogen-bond donors (Lipinski definition) is 1. The lowest BCUT2D eigenvalue weighted by Crippen LogP contribution is -2.44. The van der Waals surface area contributed by atoms with Gasteiger partial charge in [-0.2, -0.15) is 0 Å². The number of nitrogens with one attached hydrogen (secondary N) is 1. The first-order chi connectivity index (χ1) is 13.4. The summed E-state index contributed by atoms with van der Waals surface area (Å²) in [5.41, 5.74) is 1.65. The molecule has 1 fully saturated rings. The molecule has 2 amide bonds. The molecule has 28 heavy (non-hydrogen) atoms. The van der Waals surface area contributed by atoms with Crippen molar-refractivity contribution in [3.05, 3.63) is 54.1 Å². The zero-order valence-electron chi connectivity index (χ0n) is 15.7. The lowest BCUT2D eigenvalue weighted by molar-refractivity contribution is -0.118. The maximum Gasteiger partial charge on any atom is 0.253 e. The summed E-state index contributed by atoms with van der Waals surface area (Å²) in [4.78, 5) is 29.8. The molecule has 9 heteroatoms. The average Bonchev–Trinajstić information content (AvgIpc) is 3.21.